The molecular weight excluding hydrogens is 524 g/mol. The Morgan fingerprint density at radius 3 is 2.09 bits per heavy atom. The molecule has 0 aliphatic carbocycles. The van der Waals surface area contributed by atoms with Gasteiger partial charge in [0.1, 0.15) is 17.0 Å². The quantitative estimate of drug-likeness (QED) is 0.201. The van der Waals surface area contributed by atoms with E-state index < -0.39 is 0 Å². The van der Waals surface area contributed by atoms with Crippen LogP contribution in [0.4, 0.5) is 0 Å². The number of hydrogen-bond donors (Lipinski definition) is 0. The van der Waals surface area contributed by atoms with Crippen molar-refractivity contribution in [3.05, 3.63) is 120 Å². The second kappa shape index (κ2) is 9.57. The number of hydrogen-bond acceptors (Lipinski definition) is 2. The van der Waals surface area contributed by atoms with E-state index in [1.54, 1.807) is 0 Å². The maximum atomic E-state index is 6.57. The van der Waals surface area contributed by atoms with E-state index in [0.717, 1.165) is 49.7 Å². The van der Waals surface area contributed by atoms with Gasteiger partial charge in [0, 0.05) is 21.7 Å². The van der Waals surface area contributed by atoms with E-state index in [9.17, 15) is 0 Å². The highest BCUT2D eigenvalue weighted by molar-refractivity contribution is 6.20. The highest BCUT2D eigenvalue weighted by Crippen LogP contribution is 2.41. The summed E-state index contributed by atoms with van der Waals surface area (Å²) < 4.78 is 8.97. The van der Waals surface area contributed by atoms with Gasteiger partial charge in [-0.3, -0.25) is 4.57 Å². The van der Waals surface area contributed by atoms with Crippen LogP contribution in [0, 0.1) is 6.92 Å². The Bertz CT molecular complexity index is 2340. The third-order valence-electron chi connectivity index (χ3n) is 8.96. The van der Waals surface area contributed by atoms with Crippen molar-refractivity contribution in [1.82, 2.24) is 9.55 Å². The molecule has 0 N–H and O–H groups in total. The molecule has 3 heteroatoms. The fraction of sp³-hybridized carbons (Fsp3) is 0.175. The standard InChI is InChI=1S/C40H34N2O/c1-23(2)32-20-25(5)21-33(24(3)4)38(32)42-36-13-9-8-12-35(36)41-40(42)27-15-19-37-34(22-27)31-18-17-29-28-11-7-6-10-26(28)14-16-30(29)39(31)43-37/h6-24H,1-5H3. The molecule has 6 aromatic carbocycles. The molecule has 0 fully saturated rings. The molecule has 3 nitrogen and oxygen atoms in total. The molecule has 0 spiro atoms. The van der Waals surface area contributed by atoms with Gasteiger partial charge >= 0.3 is 0 Å². The Labute approximate surface area is 251 Å². The van der Waals surface area contributed by atoms with Crippen LogP contribution in [-0.2, 0) is 0 Å². The summed E-state index contributed by atoms with van der Waals surface area (Å²) in [5, 5.41) is 7.08. The minimum absolute atomic E-state index is 0.367. The van der Waals surface area contributed by atoms with Crippen LogP contribution >= 0.6 is 0 Å². The largest absolute Gasteiger partial charge is 0.455 e. The third-order valence-corrected chi connectivity index (χ3v) is 8.96. The average Bonchev–Trinajstić information content (AvgIpc) is 3.58. The first-order valence-electron chi connectivity index (χ1n) is 15.3. The molecule has 0 radical (unpaired) electrons. The molecule has 0 saturated heterocycles. The van der Waals surface area contributed by atoms with Crippen LogP contribution in [0.5, 0.6) is 0 Å². The van der Waals surface area contributed by atoms with Crippen molar-refractivity contribution in [2.75, 3.05) is 0 Å². The number of aryl methyl sites for hydroxylation is 1. The van der Waals surface area contributed by atoms with Crippen molar-refractivity contribution in [1.29, 1.82) is 0 Å². The second-order valence-electron chi connectivity index (χ2n) is 12.5. The van der Waals surface area contributed by atoms with Gasteiger partial charge in [-0.1, -0.05) is 93.9 Å². The minimum atomic E-state index is 0.367. The number of benzene rings is 6. The summed E-state index contributed by atoms with van der Waals surface area (Å²) in [6.07, 6.45) is 0. The minimum Gasteiger partial charge on any atom is -0.455 e. The first-order chi connectivity index (χ1) is 20.9. The molecule has 0 saturated carbocycles. The third kappa shape index (κ3) is 3.91. The Morgan fingerprint density at radius 1 is 0.628 bits per heavy atom. The highest BCUT2D eigenvalue weighted by atomic mass is 16.3. The molecule has 210 valence electrons. The number of fused-ring (bicyclic) bond motifs is 8. The Kier molecular flexibility index (Phi) is 5.74. The maximum Gasteiger partial charge on any atom is 0.145 e. The molecule has 2 aromatic heterocycles. The van der Waals surface area contributed by atoms with Crippen molar-refractivity contribution in [3.8, 4) is 17.1 Å². The zero-order valence-corrected chi connectivity index (χ0v) is 25.3. The van der Waals surface area contributed by atoms with Crippen LogP contribution in [0.3, 0.4) is 0 Å². The molecule has 2 heterocycles. The highest BCUT2D eigenvalue weighted by Gasteiger charge is 2.23. The zero-order valence-electron chi connectivity index (χ0n) is 25.3. The number of para-hydroxylation sites is 2. The van der Waals surface area contributed by atoms with Gasteiger partial charge in [-0.25, -0.2) is 4.98 Å². The Balaban J connectivity index is 1.42. The summed E-state index contributed by atoms with van der Waals surface area (Å²) in [5.74, 6) is 1.69. The van der Waals surface area contributed by atoms with Crippen LogP contribution in [0.1, 0.15) is 56.2 Å². The van der Waals surface area contributed by atoms with Crippen molar-refractivity contribution >= 4 is 54.5 Å². The summed E-state index contributed by atoms with van der Waals surface area (Å²) in [7, 11) is 0. The van der Waals surface area contributed by atoms with Crippen molar-refractivity contribution in [2.24, 2.45) is 0 Å². The van der Waals surface area contributed by atoms with Gasteiger partial charge in [0.25, 0.3) is 0 Å². The first-order valence-corrected chi connectivity index (χ1v) is 15.3. The molecule has 0 aliphatic heterocycles. The average molecular weight is 559 g/mol. The van der Waals surface area contributed by atoms with Gasteiger partial charge in [0.05, 0.1) is 16.7 Å². The number of nitrogens with zero attached hydrogens (tertiary/aromatic N) is 2. The summed E-state index contributed by atoms with van der Waals surface area (Å²) >= 11 is 0. The summed E-state index contributed by atoms with van der Waals surface area (Å²) in [6, 6.07) is 37.2. The zero-order chi connectivity index (χ0) is 29.4. The van der Waals surface area contributed by atoms with Crippen LogP contribution in [0.25, 0.3) is 71.6 Å². The van der Waals surface area contributed by atoms with Crippen LogP contribution in [0.15, 0.2) is 108 Å². The molecule has 0 aliphatic rings. The predicted octanol–water partition coefficient (Wildman–Crippen LogP) is 11.5. The number of imidazole rings is 1. The summed E-state index contributed by atoms with van der Waals surface area (Å²) in [5.41, 5.74) is 10.3. The molecule has 0 atom stereocenters. The first kappa shape index (κ1) is 25.8. The number of rotatable bonds is 4. The van der Waals surface area contributed by atoms with Gasteiger partial charge in [-0.05, 0) is 88.5 Å². The fourth-order valence-electron chi connectivity index (χ4n) is 6.88. The molecule has 0 unspecified atom stereocenters. The number of furan rings is 1. The van der Waals surface area contributed by atoms with E-state index in [-0.39, 0.29) is 0 Å². The van der Waals surface area contributed by atoms with Crippen LogP contribution in [-0.4, -0.2) is 9.55 Å². The van der Waals surface area contributed by atoms with Gasteiger partial charge in [-0.15, -0.1) is 0 Å². The van der Waals surface area contributed by atoms with Crippen LogP contribution < -0.4 is 0 Å². The van der Waals surface area contributed by atoms with Gasteiger partial charge in [0.2, 0.25) is 0 Å². The second-order valence-corrected chi connectivity index (χ2v) is 12.5. The molecule has 0 bridgehead atoms. The Hall–Kier alpha value is -4.89. The van der Waals surface area contributed by atoms with E-state index in [1.165, 1.54) is 38.5 Å². The normalized spacial score (nSPS) is 12.3. The van der Waals surface area contributed by atoms with Crippen molar-refractivity contribution < 1.29 is 4.42 Å². The number of aromatic nitrogens is 2. The molecule has 8 rings (SSSR count). The summed E-state index contributed by atoms with van der Waals surface area (Å²) in [6.45, 7) is 11.4. The molecule has 43 heavy (non-hydrogen) atoms. The lowest BCUT2D eigenvalue weighted by molar-refractivity contribution is 0.673. The topological polar surface area (TPSA) is 31.0 Å². The molecule has 8 aromatic rings. The van der Waals surface area contributed by atoms with Gasteiger partial charge in [-0.2, -0.15) is 0 Å². The lowest BCUT2D eigenvalue weighted by Crippen LogP contribution is -2.09. The maximum absolute atomic E-state index is 6.57. The lowest BCUT2D eigenvalue weighted by atomic mass is 9.90. The van der Waals surface area contributed by atoms with E-state index in [0.29, 0.717) is 11.8 Å². The fourth-order valence-corrected chi connectivity index (χ4v) is 6.88. The molecule has 0 amide bonds. The SMILES string of the molecule is Cc1cc(C(C)C)c(-n2c(-c3ccc4oc5c(ccc6c7ccccc7ccc65)c4c3)nc3ccccc32)c(C(C)C)c1. The van der Waals surface area contributed by atoms with Gasteiger partial charge < -0.3 is 4.42 Å². The van der Waals surface area contributed by atoms with E-state index in [1.807, 2.05) is 0 Å². The van der Waals surface area contributed by atoms with Gasteiger partial charge in [0.15, 0.2) is 0 Å². The lowest BCUT2D eigenvalue weighted by Gasteiger charge is -2.23. The smallest absolute Gasteiger partial charge is 0.145 e. The van der Waals surface area contributed by atoms with E-state index >= 15 is 0 Å². The summed E-state index contributed by atoms with van der Waals surface area (Å²) in [4.78, 5) is 5.27. The molecular formula is C40H34N2O. The van der Waals surface area contributed by atoms with Crippen molar-refractivity contribution in [2.45, 2.75) is 46.5 Å². The predicted molar refractivity (Wildman–Crippen MR) is 182 cm³/mol. The Morgan fingerprint density at radius 2 is 1.30 bits per heavy atom. The monoisotopic (exact) mass is 558 g/mol. The van der Waals surface area contributed by atoms with E-state index in [2.05, 4.69) is 142 Å². The van der Waals surface area contributed by atoms with Crippen molar-refractivity contribution in [3.63, 3.8) is 0 Å². The van der Waals surface area contributed by atoms with Crippen LogP contribution in [0.2, 0.25) is 0 Å². The van der Waals surface area contributed by atoms with E-state index in [4.69, 9.17) is 9.40 Å².